The van der Waals surface area contributed by atoms with Crippen LogP contribution < -0.4 is 5.32 Å². The van der Waals surface area contributed by atoms with Gasteiger partial charge in [0.15, 0.2) is 11.6 Å². The molecule has 0 aliphatic carbocycles. The number of carbonyl (C=O) groups is 2. The molecule has 1 unspecified atom stereocenters. The zero-order chi connectivity index (χ0) is 19.2. The van der Waals surface area contributed by atoms with Crippen LogP contribution in [0.4, 0.5) is 14.5 Å². The maximum atomic E-state index is 13.3. The van der Waals surface area contributed by atoms with Crippen molar-refractivity contribution in [3.05, 3.63) is 65.7 Å². The van der Waals surface area contributed by atoms with Gasteiger partial charge >= 0.3 is 0 Å². The number of carbonyl (C=O) groups excluding carboxylic acids is 2. The number of rotatable bonds is 5. The lowest BCUT2D eigenvalue weighted by Crippen LogP contribution is -2.36. The predicted molar refractivity (Wildman–Crippen MR) is 98.8 cm³/mol. The number of amides is 2. The fourth-order valence-corrected chi connectivity index (χ4v) is 3.35. The Morgan fingerprint density at radius 3 is 2.59 bits per heavy atom. The molecule has 2 aromatic rings. The molecule has 0 aromatic heterocycles. The Labute approximate surface area is 157 Å². The van der Waals surface area contributed by atoms with Crippen LogP contribution in [-0.4, -0.2) is 23.3 Å². The van der Waals surface area contributed by atoms with Crippen LogP contribution >= 0.6 is 0 Å². The van der Waals surface area contributed by atoms with Gasteiger partial charge in [-0.2, -0.15) is 0 Å². The average Bonchev–Trinajstić information content (AvgIpc) is 2.82. The van der Waals surface area contributed by atoms with Crippen LogP contribution in [0.25, 0.3) is 0 Å². The van der Waals surface area contributed by atoms with Crippen molar-refractivity contribution < 1.29 is 18.4 Å². The van der Waals surface area contributed by atoms with Crippen LogP contribution in [-0.2, 0) is 16.1 Å². The summed E-state index contributed by atoms with van der Waals surface area (Å²) in [6, 6.07) is 12.9. The minimum atomic E-state index is -1.02. The molecule has 3 rings (SSSR count). The van der Waals surface area contributed by atoms with Gasteiger partial charge in [-0.05, 0) is 30.5 Å². The summed E-state index contributed by atoms with van der Waals surface area (Å²) < 4.78 is 26.3. The molecule has 1 atom stereocenters. The minimum Gasteiger partial charge on any atom is -0.338 e. The highest BCUT2D eigenvalue weighted by molar-refractivity contribution is 5.94. The van der Waals surface area contributed by atoms with Crippen molar-refractivity contribution in [2.45, 2.75) is 32.2 Å². The van der Waals surface area contributed by atoms with Crippen molar-refractivity contribution in [2.24, 2.45) is 5.92 Å². The van der Waals surface area contributed by atoms with Gasteiger partial charge in [0.05, 0.1) is 0 Å². The summed E-state index contributed by atoms with van der Waals surface area (Å²) in [7, 11) is 0. The molecule has 4 nitrogen and oxygen atoms in total. The predicted octanol–water partition coefficient (Wildman–Crippen LogP) is 4.12. The molecule has 0 spiro atoms. The maximum Gasteiger partial charge on any atom is 0.226 e. The zero-order valence-electron chi connectivity index (χ0n) is 15.0. The highest BCUT2D eigenvalue weighted by atomic mass is 19.2. The lowest BCUT2D eigenvalue weighted by molar-refractivity contribution is -0.137. The summed E-state index contributed by atoms with van der Waals surface area (Å²) in [5.74, 6) is -2.80. The summed E-state index contributed by atoms with van der Waals surface area (Å²) in [5, 5.41) is 2.55. The number of benzene rings is 2. The largest absolute Gasteiger partial charge is 0.338 e. The SMILES string of the molecule is O=C(CC1CCCCN(Cc2ccccc2)C1=O)Nc1ccc(F)c(F)c1. The number of halogens is 2. The molecular weight excluding hydrogens is 350 g/mol. The lowest BCUT2D eigenvalue weighted by Gasteiger charge is -2.24. The third-order valence-corrected chi connectivity index (χ3v) is 4.74. The molecule has 1 saturated heterocycles. The lowest BCUT2D eigenvalue weighted by atomic mass is 9.98. The van der Waals surface area contributed by atoms with E-state index in [-0.39, 0.29) is 23.9 Å². The van der Waals surface area contributed by atoms with E-state index < -0.39 is 17.6 Å². The summed E-state index contributed by atoms with van der Waals surface area (Å²) in [6.45, 7) is 1.20. The van der Waals surface area contributed by atoms with Crippen LogP contribution in [0, 0.1) is 17.6 Å². The zero-order valence-corrected chi connectivity index (χ0v) is 15.0. The molecule has 1 N–H and O–H groups in total. The van der Waals surface area contributed by atoms with E-state index >= 15 is 0 Å². The Kier molecular flexibility index (Phi) is 6.16. The van der Waals surface area contributed by atoms with E-state index in [1.807, 2.05) is 30.3 Å². The molecule has 2 aromatic carbocycles. The summed E-state index contributed by atoms with van der Waals surface area (Å²) in [4.78, 5) is 27.0. The standard InChI is InChI=1S/C21H22F2N2O2/c22-18-10-9-17(13-19(18)23)24-20(26)12-16-8-4-5-11-25(21(16)27)14-15-6-2-1-3-7-15/h1-3,6-7,9-10,13,16H,4-5,8,11-12,14H2,(H,24,26). The van der Waals surface area contributed by atoms with Gasteiger partial charge in [-0.1, -0.05) is 36.8 Å². The third-order valence-electron chi connectivity index (χ3n) is 4.74. The highest BCUT2D eigenvalue weighted by Gasteiger charge is 2.28. The van der Waals surface area contributed by atoms with Crippen molar-refractivity contribution in [3.8, 4) is 0 Å². The van der Waals surface area contributed by atoms with E-state index in [1.54, 1.807) is 4.90 Å². The molecule has 0 radical (unpaired) electrons. The summed E-state index contributed by atoms with van der Waals surface area (Å²) >= 11 is 0. The quantitative estimate of drug-likeness (QED) is 0.858. The van der Waals surface area contributed by atoms with Crippen LogP contribution in [0.15, 0.2) is 48.5 Å². The van der Waals surface area contributed by atoms with Crippen LogP contribution in [0.3, 0.4) is 0 Å². The molecule has 6 heteroatoms. The van der Waals surface area contributed by atoms with E-state index in [2.05, 4.69) is 5.32 Å². The smallest absolute Gasteiger partial charge is 0.226 e. The van der Waals surface area contributed by atoms with E-state index in [1.165, 1.54) is 6.07 Å². The number of nitrogens with zero attached hydrogens (tertiary/aromatic N) is 1. The molecule has 1 aliphatic heterocycles. The van der Waals surface area contributed by atoms with Crippen molar-refractivity contribution >= 4 is 17.5 Å². The van der Waals surface area contributed by atoms with Crippen molar-refractivity contribution in [3.63, 3.8) is 0 Å². The average molecular weight is 372 g/mol. The van der Waals surface area contributed by atoms with Crippen LogP contribution in [0.1, 0.15) is 31.2 Å². The fourth-order valence-electron chi connectivity index (χ4n) is 3.35. The third kappa shape index (κ3) is 5.12. The molecule has 27 heavy (non-hydrogen) atoms. The van der Waals surface area contributed by atoms with Crippen molar-refractivity contribution in [1.29, 1.82) is 0 Å². The maximum absolute atomic E-state index is 13.3. The topological polar surface area (TPSA) is 49.4 Å². The van der Waals surface area contributed by atoms with E-state index in [0.29, 0.717) is 19.5 Å². The number of nitrogens with one attached hydrogen (secondary N) is 1. The van der Waals surface area contributed by atoms with E-state index in [4.69, 9.17) is 0 Å². The molecule has 1 fully saturated rings. The summed E-state index contributed by atoms with van der Waals surface area (Å²) in [5.41, 5.74) is 1.24. The Balaban J connectivity index is 1.62. The minimum absolute atomic E-state index is 0.0308. The van der Waals surface area contributed by atoms with Gasteiger partial charge in [0, 0.05) is 37.2 Å². The molecule has 1 aliphatic rings. The Bertz CT molecular complexity index is 811. The van der Waals surface area contributed by atoms with E-state index in [0.717, 1.165) is 30.5 Å². The van der Waals surface area contributed by atoms with Crippen molar-refractivity contribution in [1.82, 2.24) is 4.90 Å². The van der Waals surface area contributed by atoms with Gasteiger partial charge in [0.2, 0.25) is 11.8 Å². The van der Waals surface area contributed by atoms with Crippen LogP contribution in [0.2, 0.25) is 0 Å². The first-order chi connectivity index (χ1) is 13.0. The van der Waals surface area contributed by atoms with Gasteiger partial charge in [-0.25, -0.2) is 8.78 Å². The van der Waals surface area contributed by atoms with Gasteiger partial charge in [-0.15, -0.1) is 0 Å². The fraction of sp³-hybridized carbons (Fsp3) is 0.333. The molecule has 142 valence electrons. The second kappa shape index (κ2) is 8.75. The number of anilines is 1. The monoisotopic (exact) mass is 372 g/mol. The van der Waals surface area contributed by atoms with Gasteiger partial charge in [-0.3, -0.25) is 9.59 Å². The second-order valence-electron chi connectivity index (χ2n) is 6.82. The Morgan fingerprint density at radius 1 is 1.07 bits per heavy atom. The first-order valence-electron chi connectivity index (χ1n) is 9.10. The summed E-state index contributed by atoms with van der Waals surface area (Å²) in [6.07, 6.45) is 2.46. The molecular formula is C21H22F2N2O2. The molecule has 0 saturated carbocycles. The Morgan fingerprint density at radius 2 is 1.85 bits per heavy atom. The Hall–Kier alpha value is -2.76. The first kappa shape index (κ1) is 19.0. The highest BCUT2D eigenvalue weighted by Crippen LogP contribution is 2.23. The molecule has 1 heterocycles. The molecule has 0 bridgehead atoms. The van der Waals surface area contributed by atoms with Gasteiger partial charge in [0.25, 0.3) is 0 Å². The first-order valence-corrected chi connectivity index (χ1v) is 9.10. The normalized spacial score (nSPS) is 17.5. The van der Waals surface area contributed by atoms with Crippen molar-refractivity contribution in [2.75, 3.05) is 11.9 Å². The van der Waals surface area contributed by atoms with Gasteiger partial charge < -0.3 is 10.2 Å². The van der Waals surface area contributed by atoms with Crippen LogP contribution in [0.5, 0.6) is 0 Å². The number of hydrogen-bond acceptors (Lipinski definition) is 2. The number of likely N-dealkylation sites (tertiary alicyclic amines) is 1. The van der Waals surface area contributed by atoms with E-state index in [9.17, 15) is 18.4 Å². The van der Waals surface area contributed by atoms with Gasteiger partial charge in [0.1, 0.15) is 0 Å². The molecule has 2 amide bonds. The number of hydrogen-bond donors (Lipinski definition) is 1. The second-order valence-corrected chi connectivity index (χ2v) is 6.82.